The Labute approximate surface area is 139 Å². The minimum atomic E-state index is -4.09. The minimum absolute atomic E-state index is 0.247. The van der Waals surface area contributed by atoms with Crippen LogP contribution in [-0.4, -0.2) is 43.1 Å². The van der Waals surface area contributed by atoms with E-state index in [0.717, 1.165) is 31.2 Å². The average molecular weight is 358 g/mol. The van der Waals surface area contributed by atoms with Gasteiger partial charge in [-0.2, -0.15) is 0 Å². The molecule has 1 N–H and O–H groups in total. The van der Waals surface area contributed by atoms with Crippen LogP contribution in [0.1, 0.15) is 20.8 Å². The van der Waals surface area contributed by atoms with Crippen molar-refractivity contribution >= 4 is 27.4 Å². The molecule has 1 amide bonds. The van der Waals surface area contributed by atoms with Gasteiger partial charge in [-0.25, -0.2) is 8.42 Å². The van der Waals surface area contributed by atoms with E-state index in [1.165, 1.54) is 6.92 Å². The lowest BCUT2D eigenvalue weighted by Gasteiger charge is -2.16. The molecule has 1 rings (SSSR count). The molecule has 10 heteroatoms. The summed E-state index contributed by atoms with van der Waals surface area (Å²) < 4.78 is 29.6. The van der Waals surface area contributed by atoms with Gasteiger partial charge >= 0.3 is 5.97 Å². The number of nitrogens with zero attached hydrogens (tertiary/aromatic N) is 1. The van der Waals surface area contributed by atoms with Crippen molar-refractivity contribution in [2.75, 3.05) is 6.54 Å². The highest BCUT2D eigenvalue weighted by molar-refractivity contribution is 7.92. The van der Waals surface area contributed by atoms with Crippen molar-refractivity contribution in [2.24, 2.45) is 0 Å². The van der Waals surface area contributed by atoms with Crippen LogP contribution in [0.25, 0.3) is 0 Å². The maximum absolute atomic E-state index is 12.4. The number of carbonyl (C=O) groups excluding carboxylic acids is 2. The highest BCUT2D eigenvalue weighted by atomic mass is 32.2. The number of benzene rings is 1. The van der Waals surface area contributed by atoms with Gasteiger partial charge in [0.1, 0.15) is 0 Å². The average Bonchev–Trinajstić information content (AvgIpc) is 2.54. The molecule has 2 atom stereocenters. The summed E-state index contributed by atoms with van der Waals surface area (Å²) in [6.07, 6.45) is -1.13. The zero-order valence-electron chi connectivity index (χ0n) is 13.4. The zero-order chi connectivity index (χ0) is 18.5. The molecule has 0 spiro atoms. The fourth-order valence-corrected chi connectivity index (χ4v) is 2.96. The van der Waals surface area contributed by atoms with Crippen LogP contribution in [0.2, 0.25) is 0 Å². The van der Waals surface area contributed by atoms with Crippen LogP contribution in [0.5, 0.6) is 0 Å². The molecule has 0 aromatic heterocycles. The molecule has 0 bridgehead atoms. The van der Waals surface area contributed by atoms with E-state index in [1.54, 1.807) is 6.92 Å². The molecule has 0 aliphatic rings. The van der Waals surface area contributed by atoms with Crippen LogP contribution < -0.4 is 5.32 Å². The Morgan fingerprint density at radius 3 is 2.25 bits per heavy atom. The third-order valence-corrected chi connectivity index (χ3v) is 5.24. The third-order valence-electron chi connectivity index (χ3n) is 3.19. The number of esters is 1. The van der Waals surface area contributed by atoms with Gasteiger partial charge in [0.2, 0.25) is 0 Å². The summed E-state index contributed by atoms with van der Waals surface area (Å²) in [6, 6.07) is 4.15. The van der Waals surface area contributed by atoms with Gasteiger partial charge in [0.25, 0.3) is 11.6 Å². The van der Waals surface area contributed by atoms with Gasteiger partial charge in [0, 0.05) is 18.7 Å². The minimum Gasteiger partial charge on any atom is -0.452 e. The summed E-state index contributed by atoms with van der Waals surface area (Å²) in [5.41, 5.74) is -0.269. The summed E-state index contributed by atoms with van der Waals surface area (Å²) in [7, 11) is -4.09. The molecule has 0 fully saturated rings. The van der Waals surface area contributed by atoms with Crippen LogP contribution in [0.4, 0.5) is 5.69 Å². The second kappa shape index (κ2) is 7.86. The molecule has 0 aliphatic carbocycles. The maximum Gasteiger partial charge on any atom is 0.325 e. The highest BCUT2D eigenvalue weighted by Gasteiger charge is 2.33. The Balaban J connectivity index is 2.91. The molecule has 24 heavy (non-hydrogen) atoms. The van der Waals surface area contributed by atoms with Gasteiger partial charge in [0.05, 0.1) is 9.82 Å². The van der Waals surface area contributed by atoms with E-state index in [9.17, 15) is 28.1 Å². The Bertz CT molecular complexity index is 728. The molecule has 0 radical (unpaired) electrons. The molecule has 0 saturated carbocycles. The SMILES string of the molecule is CCNC(=O)[C@H](C)OC(=O)[C@H](C)S(=O)(=O)c1ccc([N+](=O)[O-])cc1. The topological polar surface area (TPSA) is 133 Å². The first-order valence-electron chi connectivity index (χ1n) is 7.07. The predicted octanol–water partition coefficient (Wildman–Crippen LogP) is 0.825. The molecule has 0 unspecified atom stereocenters. The Morgan fingerprint density at radius 1 is 1.25 bits per heavy atom. The number of hydrogen-bond acceptors (Lipinski definition) is 7. The van der Waals surface area contributed by atoms with Crippen LogP contribution in [0.3, 0.4) is 0 Å². The van der Waals surface area contributed by atoms with E-state index < -0.39 is 38.0 Å². The standard InChI is InChI=1S/C14H18N2O7S/c1-4-15-13(17)9(2)23-14(18)10(3)24(21,22)12-7-5-11(6-8-12)16(19)20/h5-10H,4H2,1-3H3,(H,15,17)/t9-,10-/m0/s1. The van der Waals surface area contributed by atoms with E-state index in [-0.39, 0.29) is 10.6 Å². The summed E-state index contributed by atoms with van der Waals surface area (Å²) >= 11 is 0. The first-order chi connectivity index (χ1) is 11.1. The number of nitro benzene ring substituents is 1. The number of non-ortho nitro benzene ring substituents is 1. The van der Waals surface area contributed by atoms with E-state index in [4.69, 9.17) is 4.74 Å². The van der Waals surface area contributed by atoms with Gasteiger partial charge < -0.3 is 10.1 Å². The molecule has 0 heterocycles. The molecule has 1 aromatic carbocycles. The fourth-order valence-electron chi connectivity index (χ4n) is 1.73. The molecular formula is C14H18N2O7S. The monoisotopic (exact) mass is 358 g/mol. The van der Waals surface area contributed by atoms with Crippen molar-refractivity contribution in [1.82, 2.24) is 5.32 Å². The molecule has 1 aromatic rings. The van der Waals surface area contributed by atoms with Crippen molar-refractivity contribution in [1.29, 1.82) is 0 Å². The van der Waals surface area contributed by atoms with Gasteiger partial charge in [-0.05, 0) is 32.9 Å². The Morgan fingerprint density at radius 2 is 1.79 bits per heavy atom. The summed E-state index contributed by atoms with van der Waals surface area (Å²) in [5, 5.41) is 11.5. The van der Waals surface area contributed by atoms with Gasteiger partial charge in [0.15, 0.2) is 21.2 Å². The fraction of sp³-hybridized carbons (Fsp3) is 0.429. The number of rotatable bonds is 7. The number of sulfone groups is 1. The van der Waals surface area contributed by atoms with Crippen LogP contribution in [0, 0.1) is 10.1 Å². The number of likely N-dealkylation sites (N-methyl/N-ethyl adjacent to an activating group) is 1. The normalized spacial score (nSPS) is 13.6. The number of hydrogen-bond donors (Lipinski definition) is 1. The van der Waals surface area contributed by atoms with Crippen molar-refractivity contribution < 1.29 is 27.7 Å². The number of amides is 1. The van der Waals surface area contributed by atoms with E-state index in [1.807, 2.05) is 0 Å². The van der Waals surface area contributed by atoms with Crippen molar-refractivity contribution in [3.8, 4) is 0 Å². The third kappa shape index (κ3) is 4.51. The Kier molecular flexibility index (Phi) is 6.41. The molecule has 0 saturated heterocycles. The Hall–Kier alpha value is -2.49. The maximum atomic E-state index is 12.4. The first kappa shape index (κ1) is 19.6. The quantitative estimate of drug-likeness (QED) is 0.433. The molecule has 9 nitrogen and oxygen atoms in total. The van der Waals surface area contributed by atoms with Gasteiger partial charge in [-0.15, -0.1) is 0 Å². The van der Waals surface area contributed by atoms with Crippen molar-refractivity contribution in [3.05, 3.63) is 34.4 Å². The molecule has 0 aliphatic heterocycles. The first-order valence-corrected chi connectivity index (χ1v) is 8.62. The lowest BCUT2D eigenvalue weighted by Crippen LogP contribution is -2.39. The summed E-state index contributed by atoms with van der Waals surface area (Å²) in [4.78, 5) is 33.2. The smallest absolute Gasteiger partial charge is 0.325 e. The highest BCUT2D eigenvalue weighted by Crippen LogP contribution is 2.20. The van der Waals surface area contributed by atoms with E-state index >= 15 is 0 Å². The second-order valence-electron chi connectivity index (χ2n) is 4.91. The summed E-state index contributed by atoms with van der Waals surface area (Å²) in [6.45, 7) is 4.49. The van der Waals surface area contributed by atoms with Gasteiger partial charge in [-0.1, -0.05) is 0 Å². The van der Waals surface area contributed by atoms with E-state index in [0.29, 0.717) is 6.54 Å². The van der Waals surface area contributed by atoms with Crippen LogP contribution >= 0.6 is 0 Å². The molecular weight excluding hydrogens is 340 g/mol. The second-order valence-corrected chi connectivity index (χ2v) is 7.18. The van der Waals surface area contributed by atoms with E-state index in [2.05, 4.69) is 5.32 Å². The number of carbonyl (C=O) groups is 2. The lowest BCUT2D eigenvalue weighted by molar-refractivity contribution is -0.384. The lowest BCUT2D eigenvalue weighted by atomic mass is 10.3. The largest absolute Gasteiger partial charge is 0.452 e. The number of ether oxygens (including phenoxy) is 1. The van der Waals surface area contributed by atoms with Crippen molar-refractivity contribution in [2.45, 2.75) is 37.0 Å². The molecule has 132 valence electrons. The van der Waals surface area contributed by atoms with Crippen LogP contribution in [-0.2, 0) is 24.2 Å². The predicted molar refractivity (Wildman–Crippen MR) is 84.0 cm³/mol. The van der Waals surface area contributed by atoms with Gasteiger partial charge in [-0.3, -0.25) is 19.7 Å². The van der Waals surface area contributed by atoms with Crippen molar-refractivity contribution in [3.63, 3.8) is 0 Å². The summed E-state index contributed by atoms with van der Waals surface area (Å²) in [5.74, 6) is -1.61. The number of nitro groups is 1. The van der Waals surface area contributed by atoms with Crippen LogP contribution in [0.15, 0.2) is 29.2 Å². The number of nitrogens with one attached hydrogen (secondary N) is 1. The zero-order valence-corrected chi connectivity index (χ0v) is 14.2.